The number of esters is 1. The maximum atomic E-state index is 12.9. The summed E-state index contributed by atoms with van der Waals surface area (Å²) in [5.74, 6) is 3.66. The van der Waals surface area contributed by atoms with Gasteiger partial charge in [-0.05, 0) is 86.9 Å². The van der Waals surface area contributed by atoms with E-state index in [1.807, 2.05) is 0 Å². The van der Waals surface area contributed by atoms with Crippen LogP contribution in [0.3, 0.4) is 0 Å². The van der Waals surface area contributed by atoms with E-state index in [-0.39, 0.29) is 23.4 Å². The van der Waals surface area contributed by atoms with Crippen molar-refractivity contribution < 1.29 is 14.3 Å². The van der Waals surface area contributed by atoms with E-state index in [9.17, 15) is 9.59 Å². The molecule has 0 aromatic rings. The Balaban J connectivity index is 1.30. The Hall–Kier alpha value is -0.860. The van der Waals surface area contributed by atoms with Crippen LogP contribution in [0.25, 0.3) is 0 Å². The average Bonchev–Trinajstić information content (AvgIpc) is 3.05. The van der Waals surface area contributed by atoms with Crippen LogP contribution in [0.2, 0.25) is 0 Å². The molecule has 3 heteroatoms. The van der Waals surface area contributed by atoms with Crippen molar-refractivity contribution in [2.75, 3.05) is 0 Å². The van der Waals surface area contributed by atoms with E-state index in [2.05, 4.69) is 13.8 Å². The fraction of sp³-hybridized carbons (Fsp3) is 0.923. The van der Waals surface area contributed by atoms with E-state index in [1.165, 1.54) is 51.4 Å². The van der Waals surface area contributed by atoms with Crippen LogP contribution >= 0.6 is 0 Å². The zero-order chi connectivity index (χ0) is 20.2. The van der Waals surface area contributed by atoms with Crippen molar-refractivity contribution in [1.29, 1.82) is 0 Å². The van der Waals surface area contributed by atoms with E-state index in [0.29, 0.717) is 23.0 Å². The Kier molecular flexibility index (Phi) is 5.10. The monoisotopic (exact) mass is 400 g/mol. The second kappa shape index (κ2) is 7.38. The molecule has 5 saturated carbocycles. The zero-order valence-electron chi connectivity index (χ0n) is 18.6. The average molecular weight is 401 g/mol. The van der Waals surface area contributed by atoms with Crippen molar-refractivity contribution in [1.82, 2.24) is 0 Å². The second-order valence-electron chi connectivity index (χ2n) is 11.8. The zero-order valence-corrected chi connectivity index (χ0v) is 18.6. The van der Waals surface area contributed by atoms with Gasteiger partial charge in [-0.2, -0.15) is 0 Å². The lowest BCUT2D eigenvalue weighted by Crippen LogP contribution is -2.54. The molecule has 5 rings (SSSR count). The quantitative estimate of drug-likeness (QED) is 0.527. The summed E-state index contributed by atoms with van der Waals surface area (Å²) < 4.78 is 6.27. The molecule has 0 radical (unpaired) electrons. The van der Waals surface area contributed by atoms with Gasteiger partial charge >= 0.3 is 5.97 Å². The molecule has 0 spiro atoms. The number of carbonyl (C=O) groups excluding carboxylic acids is 2. The first-order chi connectivity index (χ1) is 13.9. The normalized spacial score (nSPS) is 47.8. The summed E-state index contributed by atoms with van der Waals surface area (Å²) >= 11 is 0. The Bertz CT molecular complexity index is 665. The van der Waals surface area contributed by atoms with E-state index in [1.54, 1.807) is 0 Å². The number of fused-ring (bicyclic) bond motifs is 5. The summed E-state index contributed by atoms with van der Waals surface area (Å²) in [5, 5.41) is 0. The van der Waals surface area contributed by atoms with Crippen LogP contribution in [-0.2, 0) is 14.3 Å². The first-order valence-corrected chi connectivity index (χ1v) is 12.6. The van der Waals surface area contributed by atoms with E-state index in [4.69, 9.17) is 4.74 Å². The minimum Gasteiger partial charge on any atom is -0.462 e. The third-order valence-electron chi connectivity index (χ3n) is 10.6. The number of Topliss-reactive ketones (excluding diaryl/α,β-unsaturated/α-hetero) is 1. The molecule has 0 unspecified atom stereocenters. The predicted molar refractivity (Wildman–Crippen MR) is 113 cm³/mol. The molecule has 5 fully saturated rings. The number of carbonyl (C=O) groups is 2. The summed E-state index contributed by atoms with van der Waals surface area (Å²) in [6.07, 6.45) is 15.9. The fourth-order valence-corrected chi connectivity index (χ4v) is 8.77. The molecule has 0 amide bonds. The Morgan fingerprint density at radius 2 is 1.62 bits per heavy atom. The third-order valence-corrected chi connectivity index (χ3v) is 10.6. The van der Waals surface area contributed by atoms with Crippen molar-refractivity contribution in [3.05, 3.63) is 0 Å². The van der Waals surface area contributed by atoms with Gasteiger partial charge in [-0.3, -0.25) is 9.59 Å². The van der Waals surface area contributed by atoms with Crippen molar-refractivity contribution in [2.24, 2.45) is 40.4 Å². The smallest absolute Gasteiger partial charge is 0.309 e. The first kappa shape index (κ1) is 20.1. The molecule has 29 heavy (non-hydrogen) atoms. The van der Waals surface area contributed by atoms with Gasteiger partial charge in [-0.25, -0.2) is 0 Å². The highest BCUT2D eigenvalue weighted by Crippen LogP contribution is 2.66. The van der Waals surface area contributed by atoms with Gasteiger partial charge in [-0.15, -0.1) is 0 Å². The highest BCUT2D eigenvalue weighted by molar-refractivity contribution is 5.79. The van der Waals surface area contributed by atoms with Gasteiger partial charge in [0.25, 0.3) is 0 Å². The number of ether oxygens (including phenoxy) is 1. The Morgan fingerprint density at radius 1 is 0.862 bits per heavy atom. The summed E-state index contributed by atoms with van der Waals surface area (Å²) in [4.78, 5) is 25.0. The van der Waals surface area contributed by atoms with E-state index >= 15 is 0 Å². The number of ketones is 1. The Morgan fingerprint density at radius 3 is 2.41 bits per heavy atom. The predicted octanol–water partition coefficient (Wildman–Crippen LogP) is 6.09. The molecule has 0 saturated heterocycles. The van der Waals surface area contributed by atoms with Gasteiger partial charge in [0.1, 0.15) is 11.9 Å². The summed E-state index contributed by atoms with van der Waals surface area (Å²) in [6.45, 7) is 4.96. The molecule has 5 aliphatic carbocycles. The molecule has 0 bridgehead atoms. The van der Waals surface area contributed by atoms with Gasteiger partial charge < -0.3 is 4.74 Å². The minimum absolute atomic E-state index is 0.111. The highest BCUT2D eigenvalue weighted by atomic mass is 16.5. The molecular formula is C26H40O3. The molecule has 7 atom stereocenters. The lowest BCUT2D eigenvalue weighted by Gasteiger charge is -2.60. The molecule has 0 heterocycles. The van der Waals surface area contributed by atoms with Crippen LogP contribution in [0.5, 0.6) is 0 Å². The van der Waals surface area contributed by atoms with Crippen molar-refractivity contribution in [3.8, 4) is 0 Å². The number of hydrogen-bond donors (Lipinski definition) is 0. The Labute approximate surface area is 176 Å². The van der Waals surface area contributed by atoms with Crippen LogP contribution in [0.1, 0.15) is 104 Å². The van der Waals surface area contributed by atoms with Gasteiger partial charge in [0, 0.05) is 18.3 Å². The van der Waals surface area contributed by atoms with Crippen molar-refractivity contribution in [3.63, 3.8) is 0 Å². The van der Waals surface area contributed by atoms with Crippen LogP contribution in [-0.4, -0.2) is 17.9 Å². The largest absolute Gasteiger partial charge is 0.462 e. The van der Waals surface area contributed by atoms with Crippen molar-refractivity contribution >= 4 is 11.8 Å². The van der Waals surface area contributed by atoms with Gasteiger partial charge in [-0.1, -0.05) is 33.1 Å². The van der Waals surface area contributed by atoms with Gasteiger partial charge in [0.15, 0.2) is 0 Å². The lowest BCUT2D eigenvalue weighted by atomic mass is 9.45. The van der Waals surface area contributed by atoms with Crippen LogP contribution < -0.4 is 0 Å². The number of hydrogen-bond acceptors (Lipinski definition) is 3. The molecule has 3 nitrogen and oxygen atoms in total. The van der Waals surface area contributed by atoms with Crippen molar-refractivity contribution in [2.45, 2.75) is 110 Å². The minimum atomic E-state index is 0.111. The SMILES string of the molecule is C[C@]12CCC(=O)C[C@H]1CC[C@@H]1[C@@H]2CC[C@]2(C)[C@@H](OC(=O)C3CCCCC3)CC[C@@H]12. The first-order valence-electron chi connectivity index (χ1n) is 12.6. The topological polar surface area (TPSA) is 43.4 Å². The lowest BCUT2D eigenvalue weighted by molar-refractivity contribution is -0.169. The molecule has 0 aromatic heterocycles. The van der Waals surface area contributed by atoms with Crippen LogP contribution in [0, 0.1) is 40.4 Å². The second-order valence-corrected chi connectivity index (χ2v) is 11.8. The molecule has 0 aromatic carbocycles. The molecule has 162 valence electrons. The highest BCUT2D eigenvalue weighted by Gasteiger charge is 2.61. The molecular weight excluding hydrogens is 360 g/mol. The fourth-order valence-electron chi connectivity index (χ4n) is 8.77. The van der Waals surface area contributed by atoms with Crippen LogP contribution in [0.4, 0.5) is 0 Å². The summed E-state index contributed by atoms with van der Waals surface area (Å²) in [7, 11) is 0. The van der Waals surface area contributed by atoms with Crippen LogP contribution in [0.15, 0.2) is 0 Å². The van der Waals surface area contributed by atoms with E-state index < -0.39 is 0 Å². The maximum Gasteiger partial charge on any atom is 0.309 e. The maximum absolute atomic E-state index is 12.9. The van der Waals surface area contributed by atoms with Gasteiger partial charge in [0.2, 0.25) is 0 Å². The summed E-state index contributed by atoms with van der Waals surface area (Å²) in [5.41, 5.74) is 0.550. The number of rotatable bonds is 2. The standard InChI is InChI=1S/C26H40O3/c1-25-14-12-19(27)16-18(25)8-9-20-21-10-11-23(26(21,2)15-13-22(20)25)29-24(28)17-6-4-3-5-7-17/h17-18,20-23H,3-16H2,1-2H3/t18-,20+,21+,22+,23+,25+,26+/m1/s1. The van der Waals surface area contributed by atoms with E-state index in [0.717, 1.165) is 50.4 Å². The van der Waals surface area contributed by atoms with Gasteiger partial charge in [0.05, 0.1) is 5.92 Å². The summed E-state index contributed by atoms with van der Waals surface area (Å²) in [6, 6.07) is 0. The molecule has 0 aliphatic heterocycles. The molecule has 0 N–H and O–H groups in total. The third kappa shape index (κ3) is 3.21. The molecule has 5 aliphatic rings.